The molecule has 0 aliphatic carbocycles. The number of fused-ring (bicyclic) bond motifs is 1. The average molecular weight is 315 g/mol. The predicted octanol–water partition coefficient (Wildman–Crippen LogP) is 2.84. The number of anilines is 1. The van der Waals surface area contributed by atoms with Gasteiger partial charge in [-0.05, 0) is 63.9 Å². The Bertz CT molecular complexity index is 524. The summed E-state index contributed by atoms with van der Waals surface area (Å²) >= 11 is 0. The van der Waals surface area contributed by atoms with Crippen molar-refractivity contribution in [2.75, 3.05) is 44.2 Å². The third-order valence-electron chi connectivity index (χ3n) is 5.31. The van der Waals surface area contributed by atoms with Crippen molar-refractivity contribution in [2.45, 2.75) is 39.3 Å². The van der Waals surface area contributed by atoms with E-state index in [9.17, 15) is 4.79 Å². The van der Waals surface area contributed by atoms with E-state index in [0.717, 1.165) is 25.2 Å². The average Bonchev–Trinajstić information content (AvgIpc) is 3.06. The van der Waals surface area contributed by atoms with Crippen LogP contribution in [0.25, 0.3) is 0 Å². The highest BCUT2D eigenvalue weighted by Crippen LogP contribution is 2.25. The Hall–Kier alpha value is -1.39. The normalized spacial score (nSPS) is 22.1. The Morgan fingerprint density at radius 3 is 2.48 bits per heavy atom. The molecule has 0 amide bonds. The molecule has 0 N–H and O–H groups in total. The lowest BCUT2D eigenvalue weighted by Gasteiger charge is -2.39. The quantitative estimate of drug-likeness (QED) is 0.754. The van der Waals surface area contributed by atoms with Crippen molar-refractivity contribution in [2.24, 2.45) is 0 Å². The third-order valence-corrected chi connectivity index (χ3v) is 5.31. The van der Waals surface area contributed by atoms with E-state index in [1.165, 1.54) is 38.0 Å². The van der Waals surface area contributed by atoms with Gasteiger partial charge < -0.3 is 4.90 Å². The Morgan fingerprint density at radius 2 is 1.78 bits per heavy atom. The zero-order chi connectivity index (χ0) is 16.2. The molecule has 126 valence electrons. The van der Waals surface area contributed by atoms with Crippen LogP contribution in [0.1, 0.15) is 43.5 Å². The molecule has 2 aliphatic rings. The van der Waals surface area contributed by atoms with E-state index in [4.69, 9.17) is 0 Å². The van der Waals surface area contributed by atoms with Gasteiger partial charge in [-0.15, -0.1) is 0 Å². The standard InChI is InChI=1S/C19H29N3O/c1-3-20(4-2)17-10-8-16(9-11-17)18(23)15-22-14-6-13-21-12-5-7-19(21)22/h8-11,19H,3-7,12-15H2,1-2H3. The number of hydrogen-bond donors (Lipinski definition) is 0. The minimum atomic E-state index is 0.254. The number of ketones is 1. The summed E-state index contributed by atoms with van der Waals surface area (Å²) in [5.41, 5.74) is 2.04. The van der Waals surface area contributed by atoms with E-state index in [1.54, 1.807) is 0 Å². The van der Waals surface area contributed by atoms with Crippen molar-refractivity contribution < 1.29 is 4.79 Å². The molecule has 0 aromatic heterocycles. The molecule has 2 aliphatic heterocycles. The summed E-state index contributed by atoms with van der Waals surface area (Å²) < 4.78 is 0. The Labute approximate surface area is 140 Å². The number of carbonyl (C=O) groups is 1. The predicted molar refractivity (Wildman–Crippen MR) is 95.1 cm³/mol. The molecule has 3 rings (SSSR count). The molecule has 4 nitrogen and oxygen atoms in total. The van der Waals surface area contributed by atoms with Gasteiger partial charge in [0.25, 0.3) is 0 Å². The molecule has 2 saturated heterocycles. The minimum absolute atomic E-state index is 0.254. The maximum atomic E-state index is 12.6. The van der Waals surface area contributed by atoms with Crippen LogP contribution in [0, 0.1) is 0 Å². The van der Waals surface area contributed by atoms with Gasteiger partial charge in [0.1, 0.15) is 0 Å². The first kappa shape index (κ1) is 16.5. The van der Waals surface area contributed by atoms with Crippen molar-refractivity contribution in [3.05, 3.63) is 29.8 Å². The molecule has 0 saturated carbocycles. The molecule has 1 atom stereocenters. The van der Waals surface area contributed by atoms with Crippen LogP contribution in [0.15, 0.2) is 24.3 Å². The highest BCUT2D eigenvalue weighted by atomic mass is 16.1. The number of benzene rings is 1. The van der Waals surface area contributed by atoms with Gasteiger partial charge in [0.05, 0.1) is 12.7 Å². The Balaban J connectivity index is 1.64. The van der Waals surface area contributed by atoms with E-state index in [0.29, 0.717) is 12.7 Å². The molecule has 0 spiro atoms. The number of nitrogens with zero attached hydrogens (tertiary/aromatic N) is 3. The summed E-state index contributed by atoms with van der Waals surface area (Å²) in [6.07, 6.45) is 4.18. The van der Waals surface area contributed by atoms with Crippen LogP contribution in [0.2, 0.25) is 0 Å². The molecule has 0 radical (unpaired) electrons. The van der Waals surface area contributed by atoms with E-state index >= 15 is 0 Å². The highest BCUT2D eigenvalue weighted by molar-refractivity contribution is 5.97. The van der Waals surface area contributed by atoms with Crippen molar-refractivity contribution in [3.8, 4) is 0 Å². The van der Waals surface area contributed by atoms with Gasteiger partial charge in [-0.3, -0.25) is 14.6 Å². The van der Waals surface area contributed by atoms with Gasteiger partial charge in [0, 0.05) is 37.4 Å². The lowest BCUT2D eigenvalue weighted by molar-refractivity contribution is 0.0338. The van der Waals surface area contributed by atoms with Crippen LogP contribution < -0.4 is 4.90 Å². The van der Waals surface area contributed by atoms with Crippen LogP contribution in [-0.2, 0) is 0 Å². The summed E-state index contributed by atoms with van der Waals surface area (Å²) in [6, 6.07) is 8.15. The number of carbonyl (C=O) groups excluding carboxylic acids is 1. The van der Waals surface area contributed by atoms with Gasteiger partial charge in [0.15, 0.2) is 5.78 Å². The second kappa shape index (κ2) is 7.45. The monoisotopic (exact) mass is 315 g/mol. The van der Waals surface area contributed by atoms with Gasteiger partial charge in [-0.1, -0.05) is 0 Å². The molecule has 1 unspecified atom stereocenters. The van der Waals surface area contributed by atoms with Crippen LogP contribution in [0.3, 0.4) is 0 Å². The zero-order valence-electron chi connectivity index (χ0n) is 14.5. The molecule has 2 heterocycles. The lowest BCUT2D eigenvalue weighted by atomic mass is 10.1. The maximum Gasteiger partial charge on any atom is 0.176 e. The van der Waals surface area contributed by atoms with Crippen LogP contribution in [-0.4, -0.2) is 61.0 Å². The summed E-state index contributed by atoms with van der Waals surface area (Å²) in [4.78, 5) is 19.9. The largest absolute Gasteiger partial charge is 0.372 e. The summed E-state index contributed by atoms with van der Waals surface area (Å²) in [7, 11) is 0. The molecular formula is C19H29N3O. The first-order valence-corrected chi connectivity index (χ1v) is 9.09. The molecule has 2 fully saturated rings. The van der Waals surface area contributed by atoms with E-state index < -0.39 is 0 Å². The fraction of sp³-hybridized carbons (Fsp3) is 0.632. The molecule has 0 bridgehead atoms. The zero-order valence-corrected chi connectivity index (χ0v) is 14.5. The van der Waals surface area contributed by atoms with Crippen molar-refractivity contribution in [3.63, 3.8) is 0 Å². The van der Waals surface area contributed by atoms with Crippen molar-refractivity contribution in [1.82, 2.24) is 9.80 Å². The van der Waals surface area contributed by atoms with Gasteiger partial charge in [-0.25, -0.2) is 0 Å². The lowest BCUT2D eigenvalue weighted by Crippen LogP contribution is -2.51. The Morgan fingerprint density at radius 1 is 1.09 bits per heavy atom. The smallest absolute Gasteiger partial charge is 0.176 e. The van der Waals surface area contributed by atoms with E-state index in [1.807, 2.05) is 12.1 Å². The van der Waals surface area contributed by atoms with Crippen LogP contribution >= 0.6 is 0 Å². The maximum absolute atomic E-state index is 12.6. The molecule has 23 heavy (non-hydrogen) atoms. The Kier molecular flexibility index (Phi) is 5.34. The van der Waals surface area contributed by atoms with Crippen molar-refractivity contribution in [1.29, 1.82) is 0 Å². The molecular weight excluding hydrogens is 286 g/mol. The fourth-order valence-electron chi connectivity index (χ4n) is 4.02. The molecule has 1 aromatic carbocycles. The van der Waals surface area contributed by atoms with E-state index in [2.05, 4.69) is 40.7 Å². The van der Waals surface area contributed by atoms with Gasteiger partial charge in [-0.2, -0.15) is 0 Å². The highest BCUT2D eigenvalue weighted by Gasteiger charge is 2.33. The van der Waals surface area contributed by atoms with E-state index in [-0.39, 0.29) is 5.78 Å². The molecule has 4 heteroatoms. The second-order valence-electron chi connectivity index (χ2n) is 6.63. The first-order valence-electron chi connectivity index (χ1n) is 9.09. The van der Waals surface area contributed by atoms with Gasteiger partial charge >= 0.3 is 0 Å². The topological polar surface area (TPSA) is 26.8 Å². The SMILES string of the molecule is CCN(CC)c1ccc(C(=O)CN2CCCN3CCCC32)cc1. The molecule has 1 aromatic rings. The second-order valence-corrected chi connectivity index (χ2v) is 6.63. The number of hydrogen-bond acceptors (Lipinski definition) is 4. The van der Waals surface area contributed by atoms with Crippen LogP contribution in [0.4, 0.5) is 5.69 Å². The van der Waals surface area contributed by atoms with Crippen LogP contribution in [0.5, 0.6) is 0 Å². The van der Waals surface area contributed by atoms with Gasteiger partial charge in [0.2, 0.25) is 0 Å². The first-order chi connectivity index (χ1) is 11.2. The summed E-state index contributed by atoms with van der Waals surface area (Å²) in [6.45, 7) is 10.3. The summed E-state index contributed by atoms with van der Waals surface area (Å²) in [5, 5.41) is 0. The van der Waals surface area contributed by atoms with Crippen molar-refractivity contribution >= 4 is 11.5 Å². The fourth-order valence-corrected chi connectivity index (χ4v) is 4.02. The number of Topliss-reactive ketones (excluding diaryl/α,β-unsaturated/α-hetero) is 1. The number of rotatable bonds is 6. The summed E-state index contributed by atoms with van der Waals surface area (Å²) in [5.74, 6) is 0.254. The third kappa shape index (κ3) is 3.59. The minimum Gasteiger partial charge on any atom is -0.372 e.